The van der Waals surface area contributed by atoms with E-state index < -0.39 is 0 Å². The van der Waals surface area contributed by atoms with Crippen molar-refractivity contribution >= 4 is 12.9 Å². The molecular formula is C7H10N2. The molecule has 0 aliphatic carbocycles. The molecular weight excluding hydrogens is 112 g/mol. The van der Waals surface area contributed by atoms with Gasteiger partial charge in [0.25, 0.3) is 0 Å². The number of rotatable bonds is 3. The van der Waals surface area contributed by atoms with E-state index in [1.807, 2.05) is 6.92 Å². The highest BCUT2D eigenvalue weighted by Crippen LogP contribution is 2.04. The second kappa shape index (κ2) is 3.78. The van der Waals surface area contributed by atoms with Gasteiger partial charge in [-0.1, -0.05) is 6.58 Å². The molecule has 0 heterocycles. The Kier molecular flexibility index (Phi) is 3.28. The second-order valence-electron chi connectivity index (χ2n) is 1.66. The van der Waals surface area contributed by atoms with E-state index in [4.69, 9.17) is 5.41 Å². The molecule has 0 aliphatic heterocycles. The third kappa shape index (κ3) is 2.59. The molecule has 2 nitrogen and oxygen atoms in total. The van der Waals surface area contributed by atoms with E-state index in [0.29, 0.717) is 5.70 Å². The largest absolute Gasteiger partial charge is 0.309 e. The Bertz CT molecular complexity index is 166. The van der Waals surface area contributed by atoms with Crippen molar-refractivity contribution in [3.63, 3.8) is 0 Å². The van der Waals surface area contributed by atoms with Gasteiger partial charge in [0.2, 0.25) is 0 Å². The molecule has 0 atom stereocenters. The SMILES string of the molecule is C=N/C(=C/C=N)C(=C)C. The fourth-order valence-corrected chi connectivity index (χ4v) is 0.409. The number of nitrogens with zero attached hydrogens (tertiary/aromatic N) is 1. The average molecular weight is 122 g/mol. The van der Waals surface area contributed by atoms with Crippen LogP contribution in [0.2, 0.25) is 0 Å². The van der Waals surface area contributed by atoms with Gasteiger partial charge in [-0.2, -0.15) is 0 Å². The highest BCUT2D eigenvalue weighted by atomic mass is 14.7. The fourth-order valence-electron chi connectivity index (χ4n) is 0.409. The molecule has 9 heavy (non-hydrogen) atoms. The molecule has 0 aromatic heterocycles. The minimum absolute atomic E-state index is 0.671. The van der Waals surface area contributed by atoms with E-state index >= 15 is 0 Å². The first kappa shape index (κ1) is 7.82. The van der Waals surface area contributed by atoms with Crippen molar-refractivity contribution in [1.29, 1.82) is 5.41 Å². The van der Waals surface area contributed by atoms with Gasteiger partial charge >= 0.3 is 0 Å². The first-order chi connectivity index (χ1) is 4.22. The summed E-state index contributed by atoms with van der Waals surface area (Å²) in [7, 11) is 0. The lowest BCUT2D eigenvalue weighted by atomic mass is 10.2. The Morgan fingerprint density at radius 3 is 2.33 bits per heavy atom. The number of aliphatic imine (C=N–C) groups is 1. The summed E-state index contributed by atoms with van der Waals surface area (Å²) in [6.07, 6.45) is 2.72. The predicted molar refractivity (Wildman–Crippen MR) is 41.2 cm³/mol. The Balaban J connectivity index is 4.32. The zero-order valence-electron chi connectivity index (χ0n) is 5.52. The van der Waals surface area contributed by atoms with Gasteiger partial charge in [-0.3, -0.25) is 4.99 Å². The molecule has 48 valence electrons. The summed E-state index contributed by atoms with van der Waals surface area (Å²) in [6.45, 7) is 8.78. The summed E-state index contributed by atoms with van der Waals surface area (Å²) < 4.78 is 0. The molecule has 0 aromatic carbocycles. The maximum Gasteiger partial charge on any atom is 0.0660 e. The smallest absolute Gasteiger partial charge is 0.0660 e. The number of hydrogen-bond acceptors (Lipinski definition) is 2. The van der Waals surface area contributed by atoms with Crippen LogP contribution in [0, 0.1) is 5.41 Å². The van der Waals surface area contributed by atoms with Crippen LogP contribution in [0.25, 0.3) is 0 Å². The van der Waals surface area contributed by atoms with Crippen LogP contribution in [-0.4, -0.2) is 12.9 Å². The predicted octanol–water partition coefficient (Wildman–Crippen LogP) is 1.80. The Morgan fingerprint density at radius 1 is 1.67 bits per heavy atom. The molecule has 0 unspecified atom stereocenters. The zero-order chi connectivity index (χ0) is 7.28. The molecule has 1 N–H and O–H groups in total. The van der Waals surface area contributed by atoms with Crippen LogP contribution >= 0.6 is 0 Å². The van der Waals surface area contributed by atoms with Crippen molar-refractivity contribution in [2.75, 3.05) is 0 Å². The summed E-state index contributed by atoms with van der Waals surface area (Å²) in [4.78, 5) is 3.64. The van der Waals surface area contributed by atoms with E-state index in [9.17, 15) is 0 Å². The summed E-state index contributed by atoms with van der Waals surface area (Å²) in [6, 6.07) is 0. The Morgan fingerprint density at radius 2 is 2.22 bits per heavy atom. The molecule has 0 saturated carbocycles. The monoisotopic (exact) mass is 122 g/mol. The molecule has 0 radical (unpaired) electrons. The van der Waals surface area contributed by atoms with Gasteiger partial charge in [0, 0.05) is 6.21 Å². The Labute approximate surface area is 55.1 Å². The van der Waals surface area contributed by atoms with E-state index in [0.717, 1.165) is 5.57 Å². The van der Waals surface area contributed by atoms with Crippen LogP contribution < -0.4 is 0 Å². The maximum absolute atomic E-state index is 6.70. The summed E-state index contributed by atoms with van der Waals surface area (Å²) >= 11 is 0. The lowest BCUT2D eigenvalue weighted by Gasteiger charge is -1.93. The van der Waals surface area contributed by atoms with Gasteiger partial charge in [0.05, 0.1) is 5.70 Å². The third-order valence-electron chi connectivity index (χ3n) is 0.849. The van der Waals surface area contributed by atoms with Gasteiger partial charge < -0.3 is 5.41 Å². The number of hydrogen-bond donors (Lipinski definition) is 1. The number of nitrogens with one attached hydrogen (secondary N) is 1. The van der Waals surface area contributed by atoms with Crippen molar-refractivity contribution in [1.82, 2.24) is 0 Å². The molecule has 0 aliphatic rings. The minimum atomic E-state index is 0.671. The molecule has 0 aromatic rings. The van der Waals surface area contributed by atoms with Gasteiger partial charge in [0.15, 0.2) is 0 Å². The summed E-state index contributed by atoms with van der Waals surface area (Å²) in [5.74, 6) is 0. The van der Waals surface area contributed by atoms with Gasteiger partial charge in [-0.05, 0) is 25.3 Å². The van der Waals surface area contributed by atoms with Crippen LogP contribution in [0.15, 0.2) is 28.9 Å². The second-order valence-corrected chi connectivity index (χ2v) is 1.66. The highest BCUT2D eigenvalue weighted by molar-refractivity contribution is 5.70. The van der Waals surface area contributed by atoms with E-state index in [-0.39, 0.29) is 0 Å². The quantitative estimate of drug-likeness (QED) is 0.437. The zero-order valence-corrected chi connectivity index (χ0v) is 5.52. The van der Waals surface area contributed by atoms with Crippen molar-refractivity contribution in [3.8, 4) is 0 Å². The standard InChI is InChI=1S/C7H10N2/c1-6(2)7(9-3)4-5-8/h4-5,8H,1,3H2,2H3/b7-4+,8-5?. The van der Waals surface area contributed by atoms with Crippen molar-refractivity contribution in [2.24, 2.45) is 4.99 Å². The van der Waals surface area contributed by atoms with Gasteiger partial charge in [-0.25, -0.2) is 0 Å². The van der Waals surface area contributed by atoms with Crippen LogP contribution in [0.5, 0.6) is 0 Å². The third-order valence-corrected chi connectivity index (χ3v) is 0.849. The topological polar surface area (TPSA) is 36.2 Å². The van der Waals surface area contributed by atoms with Crippen molar-refractivity contribution in [2.45, 2.75) is 6.92 Å². The van der Waals surface area contributed by atoms with Crippen LogP contribution in [0.4, 0.5) is 0 Å². The van der Waals surface area contributed by atoms with E-state index in [2.05, 4.69) is 18.3 Å². The molecule has 0 fully saturated rings. The molecule has 0 amide bonds. The molecule has 0 rings (SSSR count). The summed E-state index contributed by atoms with van der Waals surface area (Å²) in [5, 5.41) is 6.70. The van der Waals surface area contributed by atoms with Gasteiger partial charge in [0.1, 0.15) is 0 Å². The molecule has 0 bridgehead atoms. The minimum Gasteiger partial charge on any atom is -0.309 e. The van der Waals surface area contributed by atoms with Crippen LogP contribution in [0.1, 0.15) is 6.92 Å². The molecule has 0 saturated heterocycles. The Hall–Kier alpha value is -1.18. The van der Waals surface area contributed by atoms with Crippen molar-refractivity contribution in [3.05, 3.63) is 23.9 Å². The van der Waals surface area contributed by atoms with Crippen LogP contribution in [0.3, 0.4) is 0 Å². The first-order valence-corrected chi connectivity index (χ1v) is 2.55. The fraction of sp³-hybridized carbons (Fsp3) is 0.143. The maximum atomic E-state index is 6.70. The highest BCUT2D eigenvalue weighted by Gasteiger charge is 1.88. The molecule has 0 spiro atoms. The van der Waals surface area contributed by atoms with Crippen LogP contribution in [-0.2, 0) is 0 Å². The lowest BCUT2D eigenvalue weighted by molar-refractivity contribution is 1.32. The van der Waals surface area contributed by atoms with Gasteiger partial charge in [-0.15, -0.1) is 0 Å². The lowest BCUT2D eigenvalue weighted by Crippen LogP contribution is -1.77. The van der Waals surface area contributed by atoms with E-state index in [1.54, 1.807) is 6.08 Å². The molecule has 2 heteroatoms. The van der Waals surface area contributed by atoms with E-state index in [1.165, 1.54) is 6.21 Å². The average Bonchev–Trinajstić information content (AvgIpc) is 1.82. The number of allylic oxidation sites excluding steroid dienone is 2. The first-order valence-electron chi connectivity index (χ1n) is 2.55. The summed E-state index contributed by atoms with van der Waals surface area (Å²) in [5.41, 5.74) is 1.50. The normalized spacial score (nSPS) is 10.6. The van der Waals surface area contributed by atoms with Crippen molar-refractivity contribution < 1.29 is 0 Å².